The molecule has 0 saturated carbocycles. The molecule has 0 atom stereocenters. The normalized spacial score (nSPS) is 15.3. The van der Waals surface area contributed by atoms with Gasteiger partial charge in [-0.2, -0.15) is 5.26 Å². The van der Waals surface area contributed by atoms with Gasteiger partial charge in [0, 0.05) is 18.3 Å². The average molecular weight is 306 g/mol. The van der Waals surface area contributed by atoms with Crippen LogP contribution >= 0.6 is 0 Å². The van der Waals surface area contributed by atoms with Gasteiger partial charge in [0.25, 0.3) is 0 Å². The first-order chi connectivity index (χ1) is 10.9. The summed E-state index contributed by atoms with van der Waals surface area (Å²) in [5.41, 5.74) is 5.67. The highest BCUT2D eigenvalue weighted by Crippen LogP contribution is 2.32. The van der Waals surface area contributed by atoms with Crippen LogP contribution in [0, 0.1) is 32.1 Å². The van der Waals surface area contributed by atoms with Crippen molar-refractivity contribution in [1.82, 2.24) is 4.57 Å². The summed E-state index contributed by atoms with van der Waals surface area (Å²) in [7, 11) is 1.84. The molecule has 2 heterocycles. The van der Waals surface area contributed by atoms with Crippen LogP contribution in [-0.2, 0) is 7.05 Å². The number of ether oxygens (including phenoxy) is 1. The van der Waals surface area contributed by atoms with Crippen molar-refractivity contribution in [2.24, 2.45) is 7.05 Å². The van der Waals surface area contributed by atoms with Crippen molar-refractivity contribution < 1.29 is 9.53 Å². The monoisotopic (exact) mass is 306 g/mol. The summed E-state index contributed by atoms with van der Waals surface area (Å²) in [6, 6.07) is 7.84. The van der Waals surface area contributed by atoms with Gasteiger partial charge in [-0.3, -0.25) is 4.79 Å². The molecule has 3 rings (SSSR count). The lowest BCUT2D eigenvalue weighted by Gasteiger charge is -2.21. The van der Waals surface area contributed by atoms with Crippen LogP contribution in [0.4, 0.5) is 0 Å². The van der Waals surface area contributed by atoms with Gasteiger partial charge in [-0.1, -0.05) is 6.07 Å². The van der Waals surface area contributed by atoms with E-state index in [9.17, 15) is 4.79 Å². The van der Waals surface area contributed by atoms with E-state index in [2.05, 4.69) is 6.07 Å². The van der Waals surface area contributed by atoms with Crippen molar-refractivity contribution in [3.05, 3.63) is 57.4 Å². The zero-order chi connectivity index (χ0) is 16.7. The number of aromatic nitrogens is 1. The molecule has 0 N–H and O–H groups in total. The largest absolute Gasteiger partial charge is 0.488 e. The molecule has 0 radical (unpaired) electrons. The Morgan fingerprint density at radius 3 is 2.65 bits per heavy atom. The smallest absolute Gasteiger partial charge is 0.196 e. The molecular formula is C19H18N2O2. The van der Waals surface area contributed by atoms with E-state index in [-0.39, 0.29) is 12.4 Å². The Balaban J connectivity index is 2.07. The highest BCUT2D eigenvalue weighted by atomic mass is 16.5. The first-order valence-corrected chi connectivity index (χ1v) is 7.48. The highest BCUT2D eigenvalue weighted by molar-refractivity contribution is 6.15. The van der Waals surface area contributed by atoms with E-state index in [1.54, 1.807) is 6.07 Å². The van der Waals surface area contributed by atoms with Gasteiger partial charge in [0.1, 0.15) is 24.1 Å². The van der Waals surface area contributed by atoms with Crippen LogP contribution in [0.25, 0.3) is 6.08 Å². The summed E-state index contributed by atoms with van der Waals surface area (Å²) in [4.78, 5) is 12.8. The SMILES string of the molecule is Cc1cc(C)c2c(c1)OCC(=Cc1cc(C#N)n(C)c1C)C2=O. The number of nitrogens with zero attached hydrogens (tertiary/aromatic N) is 2. The van der Waals surface area contributed by atoms with E-state index < -0.39 is 0 Å². The number of rotatable bonds is 1. The van der Waals surface area contributed by atoms with Crippen LogP contribution in [0.3, 0.4) is 0 Å². The Bertz CT molecular complexity index is 895. The van der Waals surface area contributed by atoms with Gasteiger partial charge in [-0.15, -0.1) is 0 Å². The highest BCUT2D eigenvalue weighted by Gasteiger charge is 2.25. The minimum Gasteiger partial charge on any atom is -0.488 e. The molecule has 4 heteroatoms. The maximum Gasteiger partial charge on any atom is 0.196 e. The second kappa shape index (κ2) is 5.44. The van der Waals surface area contributed by atoms with Gasteiger partial charge in [0.2, 0.25) is 0 Å². The van der Waals surface area contributed by atoms with Gasteiger partial charge in [0.15, 0.2) is 5.78 Å². The Morgan fingerprint density at radius 2 is 2.00 bits per heavy atom. The Labute approximate surface area is 135 Å². The van der Waals surface area contributed by atoms with Crippen molar-refractivity contribution in [1.29, 1.82) is 5.26 Å². The molecule has 2 aromatic rings. The number of benzene rings is 1. The van der Waals surface area contributed by atoms with E-state index in [0.717, 1.165) is 22.4 Å². The quantitative estimate of drug-likeness (QED) is 0.758. The predicted octanol–water partition coefficient (Wildman–Crippen LogP) is 3.48. The lowest BCUT2D eigenvalue weighted by Crippen LogP contribution is -2.20. The third-order valence-corrected chi connectivity index (χ3v) is 4.36. The fraction of sp³-hybridized carbons (Fsp3) is 0.263. The molecule has 0 aliphatic carbocycles. The lowest BCUT2D eigenvalue weighted by atomic mass is 9.93. The fourth-order valence-electron chi connectivity index (χ4n) is 2.99. The number of hydrogen-bond acceptors (Lipinski definition) is 3. The summed E-state index contributed by atoms with van der Waals surface area (Å²) in [5.74, 6) is 0.664. The van der Waals surface area contributed by atoms with Crippen LogP contribution in [0.1, 0.15) is 38.4 Å². The number of aryl methyl sites for hydroxylation is 2. The maximum absolute atomic E-state index is 12.8. The van der Waals surface area contributed by atoms with E-state index in [0.29, 0.717) is 22.6 Å². The van der Waals surface area contributed by atoms with Crippen molar-refractivity contribution in [2.75, 3.05) is 6.61 Å². The fourth-order valence-corrected chi connectivity index (χ4v) is 2.99. The van der Waals surface area contributed by atoms with Crippen molar-refractivity contribution >= 4 is 11.9 Å². The third kappa shape index (κ3) is 2.44. The molecule has 1 aromatic carbocycles. The van der Waals surface area contributed by atoms with Crippen LogP contribution in [0.5, 0.6) is 5.75 Å². The van der Waals surface area contributed by atoms with Crippen LogP contribution in [0.15, 0.2) is 23.8 Å². The summed E-state index contributed by atoms with van der Waals surface area (Å²) < 4.78 is 7.61. The molecule has 0 fully saturated rings. The number of carbonyl (C=O) groups is 1. The van der Waals surface area contributed by atoms with Gasteiger partial charge in [0.05, 0.1) is 5.56 Å². The van der Waals surface area contributed by atoms with E-state index in [1.807, 2.05) is 50.6 Å². The van der Waals surface area contributed by atoms with Crippen molar-refractivity contribution in [3.8, 4) is 11.8 Å². The number of carbonyl (C=O) groups excluding carboxylic acids is 1. The van der Waals surface area contributed by atoms with E-state index >= 15 is 0 Å². The third-order valence-electron chi connectivity index (χ3n) is 4.36. The average Bonchev–Trinajstić information content (AvgIpc) is 2.77. The summed E-state index contributed by atoms with van der Waals surface area (Å²) in [6.07, 6.45) is 1.83. The maximum atomic E-state index is 12.8. The minimum atomic E-state index is 0.00510. The number of nitriles is 1. The van der Waals surface area contributed by atoms with Crippen molar-refractivity contribution in [2.45, 2.75) is 20.8 Å². The molecule has 0 spiro atoms. The summed E-state index contributed by atoms with van der Waals surface area (Å²) >= 11 is 0. The minimum absolute atomic E-state index is 0.00510. The molecular weight excluding hydrogens is 288 g/mol. The van der Waals surface area contributed by atoms with E-state index in [4.69, 9.17) is 10.00 Å². The topological polar surface area (TPSA) is 55.0 Å². The zero-order valence-corrected chi connectivity index (χ0v) is 13.7. The number of ketones is 1. The molecule has 23 heavy (non-hydrogen) atoms. The molecule has 1 aromatic heterocycles. The molecule has 0 bridgehead atoms. The Hall–Kier alpha value is -2.80. The first-order valence-electron chi connectivity index (χ1n) is 7.48. The number of fused-ring (bicyclic) bond motifs is 1. The second-order valence-corrected chi connectivity index (χ2v) is 5.98. The standard InChI is InChI=1S/C19H18N2O2/c1-11-5-12(2)18-17(6-11)23-10-15(19(18)22)7-14-8-16(9-20)21(4)13(14)3/h5-8H,10H2,1-4H3. The van der Waals surface area contributed by atoms with Crippen molar-refractivity contribution in [3.63, 3.8) is 0 Å². The predicted molar refractivity (Wildman–Crippen MR) is 88.6 cm³/mol. The van der Waals surface area contributed by atoms with Crippen LogP contribution in [-0.4, -0.2) is 17.0 Å². The van der Waals surface area contributed by atoms with Gasteiger partial charge in [-0.05, 0) is 55.7 Å². The molecule has 4 nitrogen and oxygen atoms in total. The lowest BCUT2D eigenvalue weighted by molar-refractivity contribution is 0.1000. The van der Waals surface area contributed by atoms with E-state index in [1.165, 1.54) is 0 Å². The molecule has 0 amide bonds. The Kier molecular flexibility index (Phi) is 3.57. The van der Waals surface area contributed by atoms with Gasteiger partial charge >= 0.3 is 0 Å². The van der Waals surface area contributed by atoms with Crippen LogP contribution < -0.4 is 4.74 Å². The van der Waals surface area contributed by atoms with Crippen LogP contribution in [0.2, 0.25) is 0 Å². The Morgan fingerprint density at radius 1 is 1.26 bits per heavy atom. The molecule has 1 aliphatic heterocycles. The number of Topliss-reactive ketones (excluding diaryl/α,β-unsaturated/α-hetero) is 1. The number of hydrogen-bond donors (Lipinski definition) is 0. The van der Waals surface area contributed by atoms with Gasteiger partial charge in [-0.25, -0.2) is 0 Å². The molecule has 116 valence electrons. The second-order valence-electron chi connectivity index (χ2n) is 5.98. The first kappa shape index (κ1) is 15.1. The van der Waals surface area contributed by atoms with Gasteiger partial charge < -0.3 is 9.30 Å². The molecule has 0 unspecified atom stereocenters. The summed E-state index contributed by atoms with van der Waals surface area (Å²) in [6.45, 7) is 6.11. The summed E-state index contributed by atoms with van der Waals surface area (Å²) in [5, 5.41) is 9.12. The molecule has 0 saturated heterocycles. The molecule has 1 aliphatic rings. The zero-order valence-electron chi connectivity index (χ0n) is 13.7.